The van der Waals surface area contributed by atoms with Gasteiger partial charge in [-0.15, -0.1) is 0 Å². The fraction of sp³-hybridized carbons (Fsp3) is 0.538. The van der Waals surface area contributed by atoms with Gasteiger partial charge in [-0.05, 0) is 60.8 Å². The highest BCUT2D eigenvalue weighted by Gasteiger charge is 2.31. The van der Waals surface area contributed by atoms with E-state index in [1.165, 1.54) is 11.1 Å². The molecule has 0 atom stereocenters. The number of hydrogen-bond donors (Lipinski definition) is 0. The van der Waals surface area contributed by atoms with Crippen molar-refractivity contribution in [2.75, 3.05) is 0 Å². The lowest BCUT2D eigenvalue weighted by atomic mass is 9.84. The first-order chi connectivity index (χ1) is 12.6. The predicted octanol–water partition coefficient (Wildman–Crippen LogP) is 7.40. The van der Waals surface area contributed by atoms with Crippen LogP contribution in [0.3, 0.4) is 0 Å². The number of rotatable bonds is 5. The number of hydrogen-bond acceptors (Lipinski definition) is 2. The van der Waals surface area contributed by atoms with Gasteiger partial charge in [-0.25, -0.2) is 9.78 Å². The van der Waals surface area contributed by atoms with Gasteiger partial charge in [0.25, 0.3) is 0 Å². The highest BCUT2D eigenvalue weighted by Crippen LogP contribution is 2.34. The molecule has 0 amide bonds. The van der Waals surface area contributed by atoms with E-state index >= 15 is 0 Å². The zero-order valence-corrected chi connectivity index (χ0v) is 19.4. The van der Waals surface area contributed by atoms with E-state index in [1.807, 2.05) is 0 Å². The molecule has 0 bridgehead atoms. The van der Waals surface area contributed by atoms with E-state index < -0.39 is 11.2 Å². The normalized spacial score (nSPS) is 13.6. The molecule has 0 aliphatic rings. The molecule has 2 rings (SSSR count). The molecule has 154 valence electrons. The number of benzene rings is 2. The summed E-state index contributed by atoms with van der Waals surface area (Å²) >= 11 is 0. The van der Waals surface area contributed by atoms with Crippen LogP contribution >= 0.6 is 0 Å². The first kappa shape index (κ1) is 22.6. The van der Waals surface area contributed by atoms with Gasteiger partial charge < -0.3 is 0 Å². The van der Waals surface area contributed by atoms with E-state index in [1.54, 1.807) is 0 Å². The molecular weight excluding hydrogens is 344 g/mol. The Balaban J connectivity index is 2.22. The minimum atomic E-state index is -0.555. The smallest absolute Gasteiger partial charge is 0.123 e. The van der Waals surface area contributed by atoms with Gasteiger partial charge in [-0.2, -0.15) is 0 Å². The lowest BCUT2D eigenvalue weighted by molar-refractivity contribution is -0.410. The average molecular weight is 383 g/mol. The van der Waals surface area contributed by atoms with E-state index in [0.29, 0.717) is 0 Å². The van der Waals surface area contributed by atoms with Crippen molar-refractivity contribution < 1.29 is 9.78 Å². The summed E-state index contributed by atoms with van der Waals surface area (Å²) in [5.74, 6) is 0. The lowest BCUT2D eigenvalue weighted by Crippen LogP contribution is -2.30. The summed E-state index contributed by atoms with van der Waals surface area (Å²) in [6.45, 7) is 21.6. The molecule has 0 heterocycles. The van der Waals surface area contributed by atoms with Gasteiger partial charge in [0.1, 0.15) is 11.2 Å². The highest BCUT2D eigenvalue weighted by molar-refractivity contribution is 5.32. The van der Waals surface area contributed by atoms with Gasteiger partial charge in [0.2, 0.25) is 0 Å². The first-order valence-electron chi connectivity index (χ1n) is 10.2. The second-order valence-corrected chi connectivity index (χ2v) is 10.8. The molecule has 2 nitrogen and oxygen atoms in total. The molecule has 0 saturated heterocycles. The molecule has 0 spiro atoms. The van der Waals surface area contributed by atoms with Crippen molar-refractivity contribution in [2.45, 2.75) is 91.3 Å². The molecule has 0 radical (unpaired) electrons. The summed E-state index contributed by atoms with van der Waals surface area (Å²) in [5, 5.41) is 0. The standard InChI is InChI=1S/C26H38O2/c1-23(2,3)19-13-11-15-21(17-19)25(7,8)27-28-26(9,10)22-16-12-14-20(18-22)24(4,5)6/h11-18H,1-10H3. The molecule has 2 heteroatoms. The third kappa shape index (κ3) is 5.46. The zero-order valence-electron chi connectivity index (χ0n) is 19.4. The molecule has 0 N–H and O–H groups in total. The van der Waals surface area contributed by atoms with Gasteiger partial charge >= 0.3 is 0 Å². The fourth-order valence-corrected chi connectivity index (χ4v) is 3.02. The molecule has 2 aromatic carbocycles. The van der Waals surface area contributed by atoms with E-state index in [9.17, 15) is 0 Å². The third-order valence-corrected chi connectivity index (χ3v) is 5.31. The van der Waals surface area contributed by atoms with Crippen LogP contribution in [0.1, 0.15) is 91.5 Å². The van der Waals surface area contributed by atoms with Crippen molar-refractivity contribution in [3.63, 3.8) is 0 Å². The van der Waals surface area contributed by atoms with E-state index in [4.69, 9.17) is 9.78 Å². The van der Waals surface area contributed by atoms with Crippen molar-refractivity contribution >= 4 is 0 Å². The van der Waals surface area contributed by atoms with E-state index in [0.717, 1.165) is 11.1 Å². The van der Waals surface area contributed by atoms with Crippen molar-refractivity contribution in [1.29, 1.82) is 0 Å². The van der Waals surface area contributed by atoms with Crippen molar-refractivity contribution in [3.05, 3.63) is 70.8 Å². The minimum Gasteiger partial charge on any atom is -0.225 e. The summed E-state index contributed by atoms with van der Waals surface area (Å²) in [6, 6.07) is 17.2. The van der Waals surface area contributed by atoms with Crippen LogP contribution in [-0.2, 0) is 31.8 Å². The van der Waals surface area contributed by atoms with Crippen LogP contribution in [0.5, 0.6) is 0 Å². The van der Waals surface area contributed by atoms with Crippen LogP contribution in [0.4, 0.5) is 0 Å². The van der Waals surface area contributed by atoms with Crippen LogP contribution in [0, 0.1) is 0 Å². The SMILES string of the molecule is CC(C)(C)c1cccc(C(C)(C)OOC(C)(C)c2cccc(C(C)(C)C)c2)c1. The topological polar surface area (TPSA) is 18.5 Å². The summed E-state index contributed by atoms with van der Waals surface area (Å²) in [4.78, 5) is 12.1. The summed E-state index contributed by atoms with van der Waals surface area (Å²) in [6.07, 6.45) is 0. The van der Waals surface area contributed by atoms with Crippen molar-refractivity contribution in [3.8, 4) is 0 Å². The van der Waals surface area contributed by atoms with Crippen molar-refractivity contribution in [1.82, 2.24) is 0 Å². The summed E-state index contributed by atoms with van der Waals surface area (Å²) in [7, 11) is 0. The van der Waals surface area contributed by atoms with Crippen molar-refractivity contribution in [2.24, 2.45) is 0 Å². The summed E-state index contributed by atoms with van der Waals surface area (Å²) < 4.78 is 0. The molecule has 2 aromatic rings. The maximum absolute atomic E-state index is 6.03. The van der Waals surface area contributed by atoms with Gasteiger partial charge in [0.15, 0.2) is 0 Å². The van der Waals surface area contributed by atoms with E-state index in [-0.39, 0.29) is 10.8 Å². The second kappa shape index (κ2) is 7.65. The Morgan fingerprint density at radius 1 is 0.464 bits per heavy atom. The monoisotopic (exact) mass is 382 g/mol. The Morgan fingerprint density at radius 3 is 1.04 bits per heavy atom. The Labute approximate surface area is 172 Å². The molecule has 0 aliphatic heterocycles. The maximum Gasteiger partial charge on any atom is 0.123 e. The molecular formula is C26H38O2. The molecule has 0 fully saturated rings. The van der Waals surface area contributed by atoms with Crippen LogP contribution < -0.4 is 0 Å². The van der Waals surface area contributed by atoms with Gasteiger partial charge in [-0.1, -0.05) is 90.1 Å². The van der Waals surface area contributed by atoms with Crippen LogP contribution in [-0.4, -0.2) is 0 Å². The molecule has 0 aromatic heterocycles. The predicted molar refractivity (Wildman–Crippen MR) is 119 cm³/mol. The second-order valence-electron chi connectivity index (χ2n) is 10.8. The molecule has 0 aliphatic carbocycles. The Kier molecular flexibility index (Phi) is 6.19. The van der Waals surface area contributed by atoms with Crippen LogP contribution in [0.25, 0.3) is 0 Å². The third-order valence-electron chi connectivity index (χ3n) is 5.31. The lowest BCUT2D eigenvalue weighted by Gasteiger charge is -2.33. The molecule has 28 heavy (non-hydrogen) atoms. The van der Waals surface area contributed by atoms with Gasteiger partial charge in [0.05, 0.1) is 0 Å². The van der Waals surface area contributed by atoms with Crippen LogP contribution in [0.2, 0.25) is 0 Å². The quantitative estimate of drug-likeness (QED) is 0.396. The van der Waals surface area contributed by atoms with Crippen LogP contribution in [0.15, 0.2) is 48.5 Å². The average Bonchev–Trinajstić information content (AvgIpc) is 2.59. The fourth-order valence-electron chi connectivity index (χ4n) is 3.02. The first-order valence-corrected chi connectivity index (χ1v) is 10.2. The van der Waals surface area contributed by atoms with E-state index in [2.05, 4.69) is 118 Å². The Hall–Kier alpha value is -1.64. The largest absolute Gasteiger partial charge is 0.225 e. The Bertz CT molecular complexity index is 732. The molecule has 0 saturated carbocycles. The van der Waals surface area contributed by atoms with Gasteiger partial charge in [-0.3, -0.25) is 0 Å². The van der Waals surface area contributed by atoms with Gasteiger partial charge in [0, 0.05) is 0 Å². The summed E-state index contributed by atoms with van der Waals surface area (Å²) in [5.41, 5.74) is 3.88. The Morgan fingerprint density at radius 2 is 0.750 bits per heavy atom. The molecule has 0 unspecified atom stereocenters. The maximum atomic E-state index is 6.03. The zero-order chi connectivity index (χ0) is 21.4. The highest BCUT2D eigenvalue weighted by atomic mass is 17.2. The minimum absolute atomic E-state index is 0.0968.